The highest BCUT2D eigenvalue weighted by Gasteiger charge is 2.16. The smallest absolute Gasteiger partial charge is 0.273 e. The van der Waals surface area contributed by atoms with E-state index in [1.807, 2.05) is 0 Å². The molecule has 0 aliphatic carbocycles. The maximum atomic E-state index is 11.9. The molecule has 1 amide bonds. The molecule has 0 bridgehead atoms. The van der Waals surface area contributed by atoms with Crippen LogP contribution in [0.1, 0.15) is 21.6 Å². The summed E-state index contributed by atoms with van der Waals surface area (Å²) in [5, 5.41) is 8.96. The number of aromatic nitrogens is 2. The number of halogens is 1. The molecule has 0 saturated carbocycles. The lowest BCUT2D eigenvalue weighted by Crippen LogP contribution is -2.14. The summed E-state index contributed by atoms with van der Waals surface area (Å²) >= 11 is 0. The number of nitrogens with one attached hydrogen (secondary N) is 2. The van der Waals surface area contributed by atoms with Crippen molar-refractivity contribution in [3.05, 3.63) is 41.2 Å². The molecule has 0 fully saturated rings. The predicted octanol–water partition coefficient (Wildman–Crippen LogP) is 2.21. The van der Waals surface area contributed by atoms with Crippen molar-refractivity contribution in [1.82, 2.24) is 10.2 Å². The molecular formula is C12H12ClN3O3S. The number of aryl methyl sites for hydroxylation is 2. The SMILES string of the molecule is Cc1cc(S(=O)(=O)Cl)cc(C)c1NC(=O)c1ccn[nH]1. The topological polar surface area (TPSA) is 91.9 Å². The zero-order chi connectivity index (χ0) is 14.9. The van der Waals surface area contributed by atoms with Gasteiger partial charge in [-0.1, -0.05) is 0 Å². The summed E-state index contributed by atoms with van der Waals surface area (Å²) in [6, 6.07) is 4.37. The van der Waals surface area contributed by atoms with Crippen molar-refractivity contribution in [2.75, 3.05) is 5.32 Å². The molecule has 0 unspecified atom stereocenters. The first-order valence-corrected chi connectivity index (χ1v) is 7.96. The fourth-order valence-corrected chi connectivity index (χ4v) is 2.73. The van der Waals surface area contributed by atoms with E-state index >= 15 is 0 Å². The summed E-state index contributed by atoms with van der Waals surface area (Å²) in [4.78, 5) is 11.9. The number of hydrogen-bond donors (Lipinski definition) is 2. The second kappa shape index (κ2) is 5.26. The minimum atomic E-state index is -3.79. The van der Waals surface area contributed by atoms with Crippen molar-refractivity contribution in [1.29, 1.82) is 0 Å². The molecule has 0 radical (unpaired) electrons. The molecule has 6 nitrogen and oxygen atoms in total. The fourth-order valence-electron chi connectivity index (χ4n) is 1.82. The highest BCUT2D eigenvalue weighted by molar-refractivity contribution is 8.13. The molecule has 0 saturated heterocycles. The molecular weight excluding hydrogens is 302 g/mol. The molecule has 106 valence electrons. The van der Waals surface area contributed by atoms with Crippen molar-refractivity contribution in [3.8, 4) is 0 Å². The zero-order valence-electron chi connectivity index (χ0n) is 10.8. The molecule has 0 atom stereocenters. The van der Waals surface area contributed by atoms with Crippen LogP contribution in [0.5, 0.6) is 0 Å². The highest BCUT2D eigenvalue weighted by Crippen LogP contribution is 2.26. The molecule has 8 heteroatoms. The zero-order valence-corrected chi connectivity index (χ0v) is 12.3. The Labute approximate surface area is 120 Å². The van der Waals surface area contributed by atoms with Gasteiger partial charge in [-0.25, -0.2) is 8.42 Å². The van der Waals surface area contributed by atoms with Gasteiger partial charge in [-0.3, -0.25) is 9.89 Å². The number of hydrogen-bond acceptors (Lipinski definition) is 4. The lowest BCUT2D eigenvalue weighted by molar-refractivity contribution is 0.102. The summed E-state index contributed by atoms with van der Waals surface area (Å²) < 4.78 is 22.6. The molecule has 0 aliphatic heterocycles. The fraction of sp³-hybridized carbons (Fsp3) is 0.167. The van der Waals surface area contributed by atoms with E-state index in [4.69, 9.17) is 10.7 Å². The van der Waals surface area contributed by atoms with E-state index in [0.29, 0.717) is 22.5 Å². The number of amides is 1. The van der Waals surface area contributed by atoms with Crippen LogP contribution in [0.25, 0.3) is 0 Å². The Hall–Kier alpha value is -1.86. The largest absolute Gasteiger partial charge is 0.320 e. The van der Waals surface area contributed by atoms with Crippen molar-refractivity contribution >= 4 is 31.3 Å². The lowest BCUT2D eigenvalue weighted by atomic mass is 10.1. The van der Waals surface area contributed by atoms with Gasteiger partial charge in [0.2, 0.25) is 0 Å². The second-order valence-corrected chi connectivity index (χ2v) is 6.86. The Kier molecular flexibility index (Phi) is 3.82. The van der Waals surface area contributed by atoms with Gasteiger partial charge in [0.05, 0.1) is 4.90 Å². The average Bonchev–Trinajstić information content (AvgIpc) is 2.85. The van der Waals surface area contributed by atoms with Crippen molar-refractivity contribution in [2.45, 2.75) is 18.7 Å². The average molecular weight is 314 g/mol. The standard InChI is InChI=1S/C12H12ClN3O3S/c1-7-5-9(20(13,18)19)6-8(2)11(7)15-12(17)10-3-4-14-16-10/h3-6H,1-2H3,(H,14,16)(H,15,17). The quantitative estimate of drug-likeness (QED) is 0.850. The Bertz CT molecular complexity index is 731. The number of nitrogens with zero attached hydrogens (tertiary/aromatic N) is 1. The number of rotatable bonds is 3. The van der Waals surface area contributed by atoms with Crippen LogP contribution >= 0.6 is 10.7 Å². The minimum absolute atomic E-state index is 0.00806. The van der Waals surface area contributed by atoms with Gasteiger partial charge in [0.1, 0.15) is 5.69 Å². The van der Waals surface area contributed by atoms with Gasteiger partial charge in [0.15, 0.2) is 0 Å². The first kappa shape index (κ1) is 14.5. The number of anilines is 1. The van der Waals surface area contributed by atoms with Gasteiger partial charge in [-0.05, 0) is 43.2 Å². The van der Waals surface area contributed by atoms with Crippen molar-refractivity contribution in [2.24, 2.45) is 0 Å². The van der Waals surface area contributed by atoms with E-state index < -0.39 is 9.05 Å². The molecule has 20 heavy (non-hydrogen) atoms. The van der Waals surface area contributed by atoms with Crippen molar-refractivity contribution < 1.29 is 13.2 Å². The van der Waals surface area contributed by atoms with Gasteiger partial charge in [-0.15, -0.1) is 0 Å². The van der Waals surface area contributed by atoms with E-state index in [2.05, 4.69) is 15.5 Å². The maximum absolute atomic E-state index is 11.9. The van der Waals surface area contributed by atoms with E-state index in [1.54, 1.807) is 13.8 Å². The van der Waals surface area contributed by atoms with Gasteiger partial charge in [0.25, 0.3) is 15.0 Å². The van der Waals surface area contributed by atoms with Crippen LogP contribution in [0, 0.1) is 13.8 Å². The summed E-state index contributed by atoms with van der Waals surface area (Å²) in [5.74, 6) is -0.352. The van der Waals surface area contributed by atoms with Crippen LogP contribution in [0.15, 0.2) is 29.3 Å². The van der Waals surface area contributed by atoms with E-state index in [9.17, 15) is 13.2 Å². The van der Waals surface area contributed by atoms with E-state index in [-0.39, 0.29) is 10.8 Å². The third kappa shape index (κ3) is 3.00. The Balaban J connectivity index is 2.37. The summed E-state index contributed by atoms with van der Waals surface area (Å²) in [7, 11) is 1.52. The highest BCUT2D eigenvalue weighted by atomic mass is 35.7. The van der Waals surface area contributed by atoms with Gasteiger partial charge in [-0.2, -0.15) is 5.10 Å². The third-order valence-electron chi connectivity index (χ3n) is 2.77. The molecule has 1 aromatic heterocycles. The monoisotopic (exact) mass is 313 g/mol. The molecule has 1 heterocycles. The number of benzene rings is 1. The molecule has 0 aliphatic rings. The summed E-state index contributed by atoms with van der Waals surface area (Å²) in [6.45, 7) is 3.39. The molecule has 2 rings (SSSR count). The van der Waals surface area contributed by atoms with Crippen LogP contribution in [0.4, 0.5) is 5.69 Å². The Morgan fingerprint density at radius 2 is 1.90 bits per heavy atom. The molecule has 1 aromatic carbocycles. The number of carbonyl (C=O) groups excluding carboxylic acids is 1. The van der Waals surface area contributed by atoms with Gasteiger partial charge in [0, 0.05) is 22.6 Å². The van der Waals surface area contributed by atoms with Crippen LogP contribution in [0.3, 0.4) is 0 Å². The molecule has 2 aromatic rings. The normalized spacial score (nSPS) is 11.3. The van der Waals surface area contributed by atoms with Crippen LogP contribution < -0.4 is 5.32 Å². The molecule has 0 spiro atoms. The number of aromatic amines is 1. The summed E-state index contributed by atoms with van der Waals surface area (Å²) in [5.41, 5.74) is 2.08. The van der Waals surface area contributed by atoms with Crippen LogP contribution in [0.2, 0.25) is 0 Å². The Morgan fingerprint density at radius 1 is 1.30 bits per heavy atom. The van der Waals surface area contributed by atoms with E-state index in [0.717, 1.165) is 0 Å². The van der Waals surface area contributed by atoms with Gasteiger partial charge >= 0.3 is 0 Å². The number of H-pyrrole nitrogens is 1. The van der Waals surface area contributed by atoms with Crippen LogP contribution in [-0.2, 0) is 9.05 Å². The van der Waals surface area contributed by atoms with Gasteiger partial charge < -0.3 is 5.32 Å². The first-order valence-electron chi connectivity index (χ1n) is 5.65. The Morgan fingerprint density at radius 3 is 2.35 bits per heavy atom. The first-order chi connectivity index (χ1) is 9.29. The van der Waals surface area contributed by atoms with Crippen molar-refractivity contribution in [3.63, 3.8) is 0 Å². The second-order valence-electron chi connectivity index (χ2n) is 4.29. The van der Waals surface area contributed by atoms with E-state index in [1.165, 1.54) is 24.4 Å². The third-order valence-corrected chi connectivity index (χ3v) is 4.10. The minimum Gasteiger partial charge on any atom is -0.320 e. The predicted molar refractivity (Wildman–Crippen MR) is 75.5 cm³/mol. The van der Waals surface area contributed by atoms with Crippen LogP contribution in [-0.4, -0.2) is 24.5 Å². The lowest BCUT2D eigenvalue weighted by Gasteiger charge is -2.12. The number of carbonyl (C=O) groups is 1. The maximum Gasteiger partial charge on any atom is 0.273 e. The molecule has 2 N–H and O–H groups in total. The summed E-state index contributed by atoms with van der Waals surface area (Å²) in [6.07, 6.45) is 1.47.